The van der Waals surface area contributed by atoms with Gasteiger partial charge >= 0.3 is 0 Å². The predicted molar refractivity (Wildman–Crippen MR) is 45.1 cm³/mol. The Bertz CT molecular complexity index is 114. The highest BCUT2D eigenvalue weighted by molar-refractivity contribution is 5.07. The summed E-state index contributed by atoms with van der Waals surface area (Å²) < 4.78 is 0. The Hall–Kier alpha value is -0.300. The Balaban J connectivity index is 2.14. The highest BCUT2D eigenvalue weighted by Crippen LogP contribution is 2.09. The first-order chi connectivity index (χ1) is 4.86. The second kappa shape index (κ2) is 3.77. The minimum absolute atomic E-state index is 0.685. The first-order valence-electron chi connectivity index (χ1n) is 4.29. The second-order valence-corrected chi connectivity index (χ2v) is 2.95. The van der Waals surface area contributed by atoms with Crippen molar-refractivity contribution < 1.29 is 0 Å². The van der Waals surface area contributed by atoms with Crippen LogP contribution in [0.3, 0.4) is 0 Å². The molecule has 0 aromatic heterocycles. The molecular weight excluding hydrogens is 122 g/mol. The summed E-state index contributed by atoms with van der Waals surface area (Å²) in [6.45, 7) is 4.48. The van der Waals surface area contributed by atoms with Gasteiger partial charge in [-0.05, 0) is 19.3 Å². The van der Waals surface area contributed by atoms with Crippen molar-refractivity contribution in [2.75, 3.05) is 0 Å². The first-order valence-corrected chi connectivity index (χ1v) is 4.29. The lowest BCUT2D eigenvalue weighted by Crippen LogP contribution is -2.38. The molecule has 1 nitrogen and oxygen atoms in total. The van der Waals surface area contributed by atoms with E-state index in [4.69, 9.17) is 0 Å². The summed E-state index contributed by atoms with van der Waals surface area (Å²) in [5.41, 5.74) is 0. The zero-order valence-corrected chi connectivity index (χ0v) is 6.93. The van der Waals surface area contributed by atoms with Crippen molar-refractivity contribution in [3.8, 4) is 0 Å². The predicted octanol–water partition coefficient (Wildman–Crippen LogP) is 2.09. The van der Waals surface area contributed by atoms with Gasteiger partial charge in [0.15, 0.2) is 0 Å². The van der Waals surface area contributed by atoms with Gasteiger partial charge in [-0.15, -0.1) is 0 Å². The Morgan fingerprint density at radius 2 is 2.10 bits per heavy atom. The van der Waals surface area contributed by atoms with Crippen molar-refractivity contribution in [1.29, 1.82) is 0 Å². The molecule has 0 saturated heterocycles. The van der Waals surface area contributed by atoms with Crippen molar-refractivity contribution in [2.45, 2.75) is 45.2 Å². The summed E-state index contributed by atoms with van der Waals surface area (Å²) in [5, 5.41) is 3.57. The van der Waals surface area contributed by atoms with E-state index in [2.05, 4.69) is 31.3 Å². The summed E-state index contributed by atoms with van der Waals surface area (Å²) in [7, 11) is 0. The van der Waals surface area contributed by atoms with E-state index in [0.29, 0.717) is 6.04 Å². The molecular formula is C9H17N. The monoisotopic (exact) mass is 139 g/mol. The number of nitrogens with one attached hydrogen (secondary N) is 1. The van der Waals surface area contributed by atoms with Crippen LogP contribution in [0.5, 0.6) is 0 Å². The molecule has 0 fully saturated rings. The minimum atomic E-state index is 0.685. The third-order valence-corrected chi connectivity index (χ3v) is 2.19. The highest BCUT2D eigenvalue weighted by atomic mass is 14.9. The van der Waals surface area contributed by atoms with E-state index in [1.165, 1.54) is 19.3 Å². The fourth-order valence-electron chi connectivity index (χ4n) is 1.22. The number of rotatable bonds is 4. The number of hydrogen-bond acceptors (Lipinski definition) is 1. The average molecular weight is 139 g/mol. The van der Waals surface area contributed by atoms with E-state index < -0.39 is 0 Å². The molecule has 1 atom stereocenters. The molecule has 0 radical (unpaired) electrons. The second-order valence-electron chi connectivity index (χ2n) is 2.95. The smallest absolute Gasteiger partial charge is 0.0287 e. The molecule has 1 unspecified atom stereocenters. The molecule has 0 aromatic carbocycles. The molecule has 0 bridgehead atoms. The quantitative estimate of drug-likeness (QED) is 0.588. The third kappa shape index (κ3) is 1.84. The van der Waals surface area contributed by atoms with Crippen LogP contribution in [0.4, 0.5) is 0 Å². The average Bonchev–Trinajstić information content (AvgIpc) is 1.87. The summed E-state index contributed by atoms with van der Waals surface area (Å²) in [6, 6.07) is 1.42. The molecule has 1 rings (SSSR count). The van der Waals surface area contributed by atoms with Crippen LogP contribution in [0.2, 0.25) is 0 Å². The standard InChI is InChI=1S/C9H17N/c1-3-8(4-2)10-9-6-5-7-9/h5-6,8-10H,3-4,7H2,1-2H3. The zero-order valence-electron chi connectivity index (χ0n) is 6.93. The van der Waals surface area contributed by atoms with Crippen LogP contribution in [0.1, 0.15) is 33.1 Å². The molecule has 58 valence electrons. The van der Waals surface area contributed by atoms with E-state index in [1.807, 2.05) is 0 Å². The highest BCUT2D eigenvalue weighted by Gasteiger charge is 2.12. The Labute approximate surface area is 63.5 Å². The van der Waals surface area contributed by atoms with E-state index in [1.54, 1.807) is 0 Å². The van der Waals surface area contributed by atoms with Crippen molar-refractivity contribution >= 4 is 0 Å². The molecule has 1 N–H and O–H groups in total. The molecule has 1 aliphatic carbocycles. The van der Waals surface area contributed by atoms with Crippen LogP contribution < -0.4 is 5.32 Å². The van der Waals surface area contributed by atoms with E-state index in [-0.39, 0.29) is 0 Å². The summed E-state index contributed by atoms with van der Waals surface area (Å²) in [6.07, 6.45) is 8.20. The molecule has 0 amide bonds. The van der Waals surface area contributed by atoms with Gasteiger partial charge < -0.3 is 5.32 Å². The van der Waals surface area contributed by atoms with Gasteiger partial charge in [-0.3, -0.25) is 0 Å². The van der Waals surface area contributed by atoms with Gasteiger partial charge in [0.25, 0.3) is 0 Å². The van der Waals surface area contributed by atoms with Crippen molar-refractivity contribution in [3.05, 3.63) is 12.2 Å². The molecule has 0 spiro atoms. The van der Waals surface area contributed by atoms with Gasteiger partial charge in [0.2, 0.25) is 0 Å². The van der Waals surface area contributed by atoms with E-state index in [9.17, 15) is 0 Å². The molecule has 0 aliphatic heterocycles. The lowest BCUT2D eigenvalue weighted by molar-refractivity contribution is 0.433. The van der Waals surface area contributed by atoms with Gasteiger partial charge in [-0.2, -0.15) is 0 Å². The first kappa shape index (κ1) is 7.80. The van der Waals surface area contributed by atoms with Crippen molar-refractivity contribution in [2.24, 2.45) is 0 Å². The van der Waals surface area contributed by atoms with E-state index in [0.717, 1.165) is 6.04 Å². The van der Waals surface area contributed by atoms with E-state index >= 15 is 0 Å². The Morgan fingerprint density at radius 3 is 2.40 bits per heavy atom. The largest absolute Gasteiger partial charge is 0.307 e. The van der Waals surface area contributed by atoms with Crippen LogP contribution in [-0.2, 0) is 0 Å². The van der Waals surface area contributed by atoms with Gasteiger partial charge in [-0.1, -0.05) is 26.0 Å². The molecule has 0 heterocycles. The molecule has 0 aromatic rings. The van der Waals surface area contributed by atoms with Crippen LogP contribution in [0.25, 0.3) is 0 Å². The van der Waals surface area contributed by atoms with Crippen LogP contribution in [-0.4, -0.2) is 12.1 Å². The Morgan fingerprint density at radius 1 is 1.50 bits per heavy atom. The van der Waals surface area contributed by atoms with Crippen LogP contribution in [0, 0.1) is 0 Å². The zero-order chi connectivity index (χ0) is 7.40. The van der Waals surface area contributed by atoms with Crippen molar-refractivity contribution in [3.63, 3.8) is 0 Å². The van der Waals surface area contributed by atoms with Gasteiger partial charge in [0, 0.05) is 12.1 Å². The molecule has 1 aliphatic rings. The maximum Gasteiger partial charge on any atom is 0.0287 e. The lowest BCUT2D eigenvalue weighted by atomic mass is 10.0. The third-order valence-electron chi connectivity index (χ3n) is 2.19. The molecule has 10 heavy (non-hydrogen) atoms. The van der Waals surface area contributed by atoms with Crippen LogP contribution in [0.15, 0.2) is 12.2 Å². The normalized spacial score (nSPS) is 23.3. The van der Waals surface area contributed by atoms with Gasteiger partial charge in [-0.25, -0.2) is 0 Å². The fraction of sp³-hybridized carbons (Fsp3) is 0.778. The maximum atomic E-state index is 3.57. The summed E-state index contributed by atoms with van der Waals surface area (Å²) in [4.78, 5) is 0. The minimum Gasteiger partial charge on any atom is -0.307 e. The topological polar surface area (TPSA) is 12.0 Å². The maximum absolute atomic E-state index is 3.57. The molecule has 1 heteroatoms. The number of hydrogen-bond donors (Lipinski definition) is 1. The van der Waals surface area contributed by atoms with Crippen LogP contribution >= 0.6 is 0 Å². The van der Waals surface area contributed by atoms with Gasteiger partial charge in [0.05, 0.1) is 0 Å². The fourth-order valence-corrected chi connectivity index (χ4v) is 1.22. The van der Waals surface area contributed by atoms with Gasteiger partial charge in [0.1, 0.15) is 0 Å². The SMILES string of the molecule is CCC(CC)NC1C=CC1. The summed E-state index contributed by atoms with van der Waals surface area (Å²) in [5.74, 6) is 0. The lowest BCUT2D eigenvalue weighted by Gasteiger charge is -2.25. The summed E-state index contributed by atoms with van der Waals surface area (Å²) >= 11 is 0. The molecule has 0 saturated carbocycles. The van der Waals surface area contributed by atoms with Crippen molar-refractivity contribution in [1.82, 2.24) is 5.32 Å². The Kier molecular flexibility index (Phi) is 2.94.